The highest BCUT2D eigenvalue weighted by Gasteiger charge is 2.21. The number of methoxy groups -OCH3 is 1. The Morgan fingerprint density at radius 1 is 1.37 bits per heavy atom. The van der Waals surface area contributed by atoms with Crippen LogP contribution in [0.5, 0.6) is 0 Å². The molecule has 0 saturated heterocycles. The van der Waals surface area contributed by atoms with Crippen LogP contribution < -0.4 is 5.32 Å². The maximum atomic E-state index is 11.7. The van der Waals surface area contributed by atoms with Crippen molar-refractivity contribution in [1.82, 2.24) is 0 Å². The third-order valence-electron chi connectivity index (χ3n) is 3.15. The number of hydrogen-bond acceptors (Lipinski definition) is 4. The van der Waals surface area contributed by atoms with E-state index in [4.69, 9.17) is 16.3 Å². The van der Waals surface area contributed by atoms with E-state index in [-0.39, 0.29) is 5.78 Å². The molecule has 0 unspecified atom stereocenters. The fourth-order valence-corrected chi connectivity index (χ4v) is 2.18. The largest absolute Gasteiger partial charge is 0.465 e. The van der Waals surface area contributed by atoms with Gasteiger partial charge in [-0.3, -0.25) is 4.79 Å². The zero-order valence-electron chi connectivity index (χ0n) is 10.7. The van der Waals surface area contributed by atoms with Crippen LogP contribution in [0.3, 0.4) is 0 Å². The monoisotopic (exact) mass is 279 g/mol. The minimum atomic E-state index is -0.465. The summed E-state index contributed by atoms with van der Waals surface area (Å²) in [5, 5.41) is 3.59. The molecular formula is C14H14ClNO3. The van der Waals surface area contributed by atoms with Gasteiger partial charge >= 0.3 is 5.97 Å². The lowest BCUT2D eigenvalue weighted by Gasteiger charge is -2.12. The minimum Gasteiger partial charge on any atom is -0.465 e. The number of allylic oxidation sites excluding steroid dienone is 2. The van der Waals surface area contributed by atoms with E-state index in [2.05, 4.69) is 5.32 Å². The van der Waals surface area contributed by atoms with Crippen LogP contribution >= 0.6 is 11.6 Å². The van der Waals surface area contributed by atoms with Gasteiger partial charge in [-0.1, -0.05) is 11.6 Å². The number of esters is 1. The Kier molecular flexibility index (Phi) is 3.90. The molecule has 2 rings (SSSR count). The smallest absolute Gasteiger partial charge is 0.340 e. The van der Waals surface area contributed by atoms with Gasteiger partial charge < -0.3 is 10.1 Å². The van der Waals surface area contributed by atoms with Gasteiger partial charge in [-0.25, -0.2) is 4.79 Å². The molecule has 1 N–H and O–H groups in total. The molecule has 1 aromatic rings. The minimum absolute atomic E-state index is 0.135. The summed E-state index contributed by atoms with van der Waals surface area (Å²) in [7, 11) is 1.32. The van der Waals surface area contributed by atoms with Crippen LogP contribution in [0.25, 0.3) is 0 Å². The molecule has 5 heteroatoms. The Hall–Kier alpha value is -1.81. The number of Topliss-reactive ketones (excluding diaryl/α,β-unsaturated/α-hetero) is 1. The van der Waals surface area contributed by atoms with Gasteiger partial charge in [-0.2, -0.15) is 0 Å². The number of benzene rings is 1. The standard InChI is InChI=1S/C14H14ClNO3/c1-8-11(5-6-13(8)17)16-12-4-3-9(15)7-10(12)14(18)19-2/h3-4,7,16H,5-6H2,1-2H3. The van der Waals surface area contributed by atoms with E-state index in [1.807, 2.05) is 0 Å². The first-order valence-electron chi connectivity index (χ1n) is 5.90. The maximum Gasteiger partial charge on any atom is 0.340 e. The van der Waals surface area contributed by atoms with E-state index in [9.17, 15) is 9.59 Å². The van der Waals surface area contributed by atoms with Crippen molar-refractivity contribution in [1.29, 1.82) is 0 Å². The Morgan fingerprint density at radius 3 is 2.68 bits per heavy atom. The third-order valence-corrected chi connectivity index (χ3v) is 3.38. The number of rotatable bonds is 3. The van der Waals surface area contributed by atoms with Crippen molar-refractivity contribution in [3.8, 4) is 0 Å². The SMILES string of the molecule is COC(=O)c1cc(Cl)ccc1NC1=C(C)C(=O)CC1. The molecule has 0 amide bonds. The second kappa shape index (κ2) is 5.45. The first-order chi connectivity index (χ1) is 9.02. The third kappa shape index (κ3) is 2.79. The predicted octanol–water partition coefficient (Wildman–Crippen LogP) is 3.18. The molecule has 0 spiro atoms. The molecule has 19 heavy (non-hydrogen) atoms. The van der Waals surface area contributed by atoms with Crippen LogP contribution in [-0.4, -0.2) is 18.9 Å². The molecule has 0 saturated carbocycles. The molecule has 0 aliphatic heterocycles. The molecule has 1 aliphatic carbocycles. The Balaban J connectivity index is 2.35. The van der Waals surface area contributed by atoms with E-state index < -0.39 is 5.97 Å². The molecule has 0 heterocycles. The molecule has 0 aromatic heterocycles. The normalized spacial score (nSPS) is 14.8. The highest BCUT2D eigenvalue weighted by molar-refractivity contribution is 6.31. The summed E-state index contributed by atoms with van der Waals surface area (Å²) >= 11 is 5.88. The van der Waals surface area contributed by atoms with Gasteiger partial charge in [-0.05, 0) is 31.5 Å². The molecule has 0 fully saturated rings. The number of carbonyl (C=O) groups excluding carboxylic acids is 2. The van der Waals surface area contributed by atoms with Crippen LogP contribution in [0.1, 0.15) is 30.1 Å². The van der Waals surface area contributed by atoms with E-state index in [0.29, 0.717) is 34.7 Å². The Labute approximate surface area is 116 Å². The average Bonchev–Trinajstić information content (AvgIpc) is 2.71. The van der Waals surface area contributed by atoms with E-state index >= 15 is 0 Å². The molecule has 100 valence electrons. The number of carbonyl (C=O) groups is 2. The highest BCUT2D eigenvalue weighted by Crippen LogP contribution is 2.28. The predicted molar refractivity (Wildman–Crippen MR) is 73.4 cm³/mol. The van der Waals surface area contributed by atoms with Crippen molar-refractivity contribution in [2.45, 2.75) is 19.8 Å². The second-order valence-corrected chi connectivity index (χ2v) is 4.77. The molecule has 1 aromatic carbocycles. The summed E-state index contributed by atoms with van der Waals surface area (Å²) in [5.74, 6) is -0.330. The highest BCUT2D eigenvalue weighted by atomic mass is 35.5. The fourth-order valence-electron chi connectivity index (χ4n) is 2.00. The maximum absolute atomic E-state index is 11.7. The van der Waals surface area contributed by atoms with Crippen LogP contribution in [0.2, 0.25) is 5.02 Å². The van der Waals surface area contributed by atoms with Gasteiger partial charge in [0, 0.05) is 22.7 Å². The van der Waals surface area contributed by atoms with Gasteiger partial charge in [0.25, 0.3) is 0 Å². The van der Waals surface area contributed by atoms with Gasteiger partial charge in [0.1, 0.15) is 0 Å². The number of ether oxygens (including phenoxy) is 1. The summed E-state index contributed by atoms with van der Waals surface area (Å²) in [4.78, 5) is 23.2. The summed E-state index contributed by atoms with van der Waals surface area (Å²) in [6.07, 6.45) is 1.17. The number of halogens is 1. The van der Waals surface area contributed by atoms with Crippen molar-refractivity contribution in [3.05, 3.63) is 40.1 Å². The van der Waals surface area contributed by atoms with Crippen LogP contribution in [0, 0.1) is 0 Å². The van der Waals surface area contributed by atoms with E-state index in [0.717, 1.165) is 5.70 Å². The van der Waals surface area contributed by atoms with E-state index in [1.54, 1.807) is 25.1 Å². The lowest BCUT2D eigenvalue weighted by molar-refractivity contribution is -0.114. The lowest BCUT2D eigenvalue weighted by Crippen LogP contribution is -2.08. The van der Waals surface area contributed by atoms with E-state index in [1.165, 1.54) is 7.11 Å². The number of ketones is 1. The van der Waals surface area contributed by atoms with Gasteiger partial charge in [0.05, 0.1) is 18.4 Å². The summed E-state index contributed by atoms with van der Waals surface area (Å²) in [6, 6.07) is 4.93. The van der Waals surface area contributed by atoms with Crippen molar-refractivity contribution >= 4 is 29.0 Å². The van der Waals surface area contributed by atoms with Crippen molar-refractivity contribution in [3.63, 3.8) is 0 Å². The fraction of sp³-hybridized carbons (Fsp3) is 0.286. The van der Waals surface area contributed by atoms with Crippen LogP contribution in [0.4, 0.5) is 5.69 Å². The van der Waals surface area contributed by atoms with Crippen LogP contribution in [0.15, 0.2) is 29.5 Å². The number of nitrogens with one attached hydrogen (secondary N) is 1. The molecule has 0 bridgehead atoms. The second-order valence-electron chi connectivity index (χ2n) is 4.33. The van der Waals surface area contributed by atoms with Crippen molar-refractivity contribution < 1.29 is 14.3 Å². The zero-order chi connectivity index (χ0) is 14.0. The first kappa shape index (κ1) is 13.6. The quantitative estimate of drug-likeness (QED) is 0.864. The van der Waals surface area contributed by atoms with Gasteiger partial charge in [0.2, 0.25) is 0 Å². The Bertz CT molecular complexity index is 578. The topological polar surface area (TPSA) is 55.4 Å². The molecule has 4 nitrogen and oxygen atoms in total. The van der Waals surface area contributed by atoms with Crippen molar-refractivity contribution in [2.24, 2.45) is 0 Å². The molecule has 0 atom stereocenters. The zero-order valence-corrected chi connectivity index (χ0v) is 11.5. The summed E-state index contributed by atoms with van der Waals surface area (Å²) < 4.78 is 4.72. The van der Waals surface area contributed by atoms with Gasteiger partial charge in [-0.15, -0.1) is 0 Å². The van der Waals surface area contributed by atoms with Crippen molar-refractivity contribution in [2.75, 3.05) is 12.4 Å². The summed E-state index contributed by atoms with van der Waals surface area (Å²) in [5.41, 5.74) is 2.51. The molecule has 0 radical (unpaired) electrons. The number of hydrogen-bond donors (Lipinski definition) is 1. The molecule has 1 aliphatic rings. The first-order valence-corrected chi connectivity index (χ1v) is 6.28. The summed E-state index contributed by atoms with van der Waals surface area (Å²) in [6.45, 7) is 1.78. The van der Waals surface area contributed by atoms with Crippen LogP contribution in [-0.2, 0) is 9.53 Å². The Morgan fingerprint density at radius 2 is 2.11 bits per heavy atom. The lowest BCUT2D eigenvalue weighted by atomic mass is 10.1. The average molecular weight is 280 g/mol. The van der Waals surface area contributed by atoms with Gasteiger partial charge in [0.15, 0.2) is 5.78 Å². The number of anilines is 1. The molecular weight excluding hydrogens is 266 g/mol.